The molecule has 0 saturated heterocycles. The largest absolute Gasteiger partial charge is 0.494 e. The monoisotopic (exact) mass is 280 g/mol. The Balaban J connectivity index is 2.12. The van der Waals surface area contributed by atoms with Crippen LogP contribution in [0.3, 0.4) is 0 Å². The molecule has 0 aliphatic carbocycles. The average molecular weight is 280 g/mol. The van der Waals surface area contributed by atoms with Crippen molar-refractivity contribution in [3.63, 3.8) is 0 Å². The van der Waals surface area contributed by atoms with Crippen LogP contribution in [0.15, 0.2) is 42.9 Å². The van der Waals surface area contributed by atoms with Crippen molar-refractivity contribution < 1.29 is 4.74 Å². The van der Waals surface area contributed by atoms with E-state index >= 15 is 0 Å². The molecule has 0 unspecified atom stereocenters. The van der Waals surface area contributed by atoms with E-state index in [1.807, 2.05) is 30.5 Å². The van der Waals surface area contributed by atoms with Crippen LogP contribution in [0.25, 0.3) is 22.2 Å². The number of hydrogen-bond donors (Lipinski definition) is 1. The molecule has 0 atom stereocenters. The maximum Gasteiger partial charge on any atom is 0.148 e. The summed E-state index contributed by atoms with van der Waals surface area (Å²) in [5, 5.41) is 0. The molecule has 2 N–H and O–H groups in total. The Morgan fingerprint density at radius 3 is 2.52 bits per heavy atom. The molecule has 3 aromatic rings. The molecular formula is C16H16N4O. The number of aromatic nitrogens is 3. The van der Waals surface area contributed by atoms with Gasteiger partial charge in [0.1, 0.15) is 16.8 Å². The van der Waals surface area contributed by atoms with Crippen molar-refractivity contribution in [3.05, 3.63) is 48.5 Å². The fourth-order valence-electron chi connectivity index (χ4n) is 2.30. The maximum atomic E-state index is 5.54. The highest BCUT2D eigenvalue weighted by molar-refractivity contribution is 5.93. The Bertz CT molecular complexity index is 756. The van der Waals surface area contributed by atoms with Crippen LogP contribution >= 0.6 is 0 Å². The number of pyridine rings is 3. The molecule has 5 nitrogen and oxygen atoms in total. The highest BCUT2D eigenvalue weighted by atomic mass is 16.5. The van der Waals surface area contributed by atoms with Crippen molar-refractivity contribution >= 4 is 11.0 Å². The number of nitrogens with zero attached hydrogens (tertiary/aromatic N) is 3. The number of nitrogens with two attached hydrogens (primary N) is 1. The molecule has 3 aromatic heterocycles. The summed E-state index contributed by atoms with van der Waals surface area (Å²) in [6.45, 7) is 0.600. The van der Waals surface area contributed by atoms with Gasteiger partial charge in [-0.2, -0.15) is 0 Å². The second-order valence-electron chi connectivity index (χ2n) is 4.65. The van der Waals surface area contributed by atoms with Gasteiger partial charge in [0.25, 0.3) is 0 Å². The van der Waals surface area contributed by atoms with Crippen LogP contribution in [0.5, 0.6) is 5.75 Å². The van der Waals surface area contributed by atoms with E-state index in [0.717, 1.165) is 40.0 Å². The topological polar surface area (TPSA) is 73.9 Å². The van der Waals surface area contributed by atoms with Gasteiger partial charge in [0.2, 0.25) is 0 Å². The molecule has 5 heteroatoms. The zero-order chi connectivity index (χ0) is 14.7. The third-order valence-electron chi connectivity index (χ3n) is 3.34. The molecule has 0 radical (unpaired) electrons. The van der Waals surface area contributed by atoms with Crippen LogP contribution in [0.2, 0.25) is 0 Å². The number of rotatable bonds is 4. The van der Waals surface area contributed by atoms with E-state index < -0.39 is 0 Å². The Morgan fingerprint density at radius 2 is 1.81 bits per heavy atom. The zero-order valence-corrected chi connectivity index (χ0v) is 11.8. The molecule has 0 aliphatic rings. The number of ether oxygens (including phenoxy) is 1. The van der Waals surface area contributed by atoms with Crippen molar-refractivity contribution in [2.75, 3.05) is 13.7 Å². The summed E-state index contributed by atoms with van der Waals surface area (Å²) in [7, 11) is 1.63. The van der Waals surface area contributed by atoms with E-state index in [4.69, 9.17) is 10.5 Å². The molecule has 3 heterocycles. The molecule has 0 aliphatic heterocycles. The molecule has 3 rings (SSSR count). The lowest BCUT2D eigenvalue weighted by molar-refractivity contribution is 0.418. The van der Waals surface area contributed by atoms with E-state index in [2.05, 4.69) is 15.0 Å². The predicted octanol–water partition coefficient (Wildman–Crippen LogP) is 2.20. The van der Waals surface area contributed by atoms with Crippen LogP contribution in [0.4, 0.5) is 0 Å². The highest BCUT2D eigenvalue weighted by Gasteiger charge is 2.10. The van der Waals surface area contributed by atoms with Gasteiger partial charge in [-0.15, -0.1) is 0 Å². The third kappa shape index (κ3) is 2.55. The van der Waals surface area contributed by atoms with E-state index in [1.165, 1.54) is 0 Å². The fraction of sp³-hybridized carbons (Fsp3) is 0.188. The molecule has 0 amide bonds. The first kappa shape index (κ1) is 13.5. The maximum absolute atomic E-state index is 5.54. The third-order valence-corrected chi connectivity index (χ3v) is 3.34. The summed E-state index contributed by atoms with van der Waals surface area (Å²) < 4.78 is 5.34. The van der Waals surface area contributed by atoms with Gasteiger partial charge in [-0.3, -0.25) is 15.0 Å². The molecule has 0 bridgehead atoms. The Morgan fingerprint density at radius 1 is 1.00 bits per heavy atom. The minimum absolute atomic E-state index is 0.600. The first-order valence-electron chi connectivity index (χ1n) is 6.76. The number of fused-ring (bicyclic) bond motifs is 1. The van der Waals surface area contributed by atoms with Crippen molar-refractivity contribution in [1.29, 1.82) is 0 Å². The normalized spacial score (nSPS) is 10.8. The van der Waals surface area contributed by atoms with Gasteiger partial charge in [-0.25, -0.2) is 0 Å². The summed E-state index contributed by atoms with van der Waals surface area (Å²) in [4.78, 5) is 13.2. The van der Waals surface area contributed by atoms with Crippen LogP contribution in [0.1, 0.15) is 5.69 Å². The lowest BCUT2D eigenvalue weighted by Crippen LogP contribution is -2.04. The van der Waals surface area contributed by atoms with Gasteiger partial charge in [0.15, 0.2) is 0 Å². The minimum Gasteiger partial charge on any atom is -0.494 e. The molecule has 0 aromatic carbocycles. The molecule has 21 heavy (non-hydrogen) atoms. The smallest absolute Gasteiger partial charge is 0.148 e. The molecule has 106 valence electrons. The Labute approximate surface area is 122 Å². The van der Waals surface area contributed by atoms with Gasteiger partial charge < -0.3 is 10.5 Å². The summed E-state index contributed by atoms with van der Waals surface area (Å²) in [5.41, 5.74) is 10.1. The van der Waals surface area contributed by atoms with E-state index in [-0.39, 0.29) is 0 Å². The molecule has 0 saturated carbocycles. The average Bonchev–Trinajstić information content (AvgIpc) is 2.55. The van der Waals surface area contributed by atoms with Gasteiger partial charge >= 0.3 is 0 Å². The summed E-state index contributed by atoms with van der Waals surface area (Å²) in [6, 6.07) is 7.78. The van der Waals surface area contributed by atoms with E-state index in [0.29, 0.717) is 6.54 Å². The van der Waals surface area contributed by atoms with Crippen LogP contribution in [-0.4, -0.2) is 28.6 Å². The van der Waals surface area contributed by atoms with Crippen molar-refractivity contribution in [3.8, 4) is 16.9 Å². The first-order valence-corrected chi connectivity index (χ1v) is 6.76. The fourth-order valence-corrected chi connectivity index (χ4v) is 2.30. The van der Waals surface area contributed by atoms with Crippen LogP contribution < -0.4 is 10.5 Å². The molecule has 0 spiro atoms. The lowest BCUT2D eigenvalue weighted by atomic mass is 10.1. The van der Waals surface area contributed by atoms with Gasteiger partial charge in [-0.05, 0) is 18.7 Å². The molecule has 0 fully saturated rings. The predicted molar refractivity (Wildman–Crippen MR) is 82.1 cm³/mol. The molecular weight excluding hydrogens is 264 g/mol. The lowest BCUT2D eigenvalue weighted by Gasteiger charge is -2.08. The van der Waals surface area contributed by atoms with Crippen LogP contribution in [-0.2, 0) is 6.42 Å². The quantitative estimate of drug-likeness (QED) is 0.793. The highest BCUT2D eigenvalue weighted by Crippen LogP contribution is 2.29. The standard InChI is InChI=1S/C16H16N4O/c1-21-14-6-9-18-15-13(5-8-19-16(14)15)11-2-3-12(4-7-17)20-10-11/h2-3,5-6,8-10H,4,7,17H2,1H3. The number of methoxy groups -OCH3 is 1. The first-order chi connectivity index (χ1) is 10.3. The summed E-state index contributed by atoms with van der Waals surface area (Å²) in [6.07, 6.45) is 6.11. The summed E-state index contributed by atoms with van der Waals surface area (Å²) in [5.74, 6) is 0.717. The van der Waals surface area contributed by atoms with E-state index in [1.54, 1.807) is 19.5 Å². The zero-order valence-electron chi connectivity index (χ0n) is 11.8. The summed E-state index contributed by atoms with van der Waals surface area (Å²) >= 11 is 0. The SMILES string of the molecule is COc1ccnc2c(-c3ccc(CCN)nc3)ccnc12. The van der Waals surface area contributed by atoms with Gasteiger partial charge in [0, 0.05) is 47.9 Å². The van der Waals surface area contributed by atoms with Gasteiger partial charge in [0.05, 0.1) is 7.11 Å². The van der Waals surface area contributed by atoms with Crippen molar-refractivity contribution in [1.82, 2.24) is 15.0 Å². The van der Waals surface area contributed by atoms with E-state index in [9.17, 15) is 0 Å². The second kappa shape index (κ2) is 5.85. The Hall–Kier alpha value is -2.53. The van der Waals surface area contributed by atoms with Crippen molar-refractivity contribution in [2.24, 2.45) is 5.73 Å². The van der Waals surface area contributed by atoms with Crippen LogP contribution in [0, 0.1) is 0 Å². The Kier molecular flexibility index (Phi) is 3.75. The van der Waals surface area contributed by atoms with Crippen molar-refractivity contribution in [2.45, 2.75) is 6.42 Å². The second-order valence-corrected chi connectivity index (χ2v) is 4.65. The van der Waals surface area contributed by atoms with Gasteiger partial charge in [-0.1, -0.05) is 6.07 Å². The minimum atomic E-state index is 0.600. The number of hydrogen-bond acceptors (Lipinski definition) is 5.